The summed E-state index contributed by atoms with van der Waals surface area (Å²) in [5.74, 6) is 0. The summed E-state index contributed by atoms with van der Waals surface area (Å²) < 4.78 is 5.27. The van der Waals surface area contributed by atoms with Crippen LogP contribution in [0.5, 0.6) is 0 Å². The molecule has 3 heteroatoms. The van der Waals surface area contributed by atoms with E-state index in [-0.39, 0.29) is 0 Å². The zero-order valence-corrected chi connectivity index (χ0v) is 10.4. The highest BCUT2D eigenvalue weighted by Crippen LogP contribution is 2.18. The van der Waals surface area contributed by atoms with E-state index in [1.165, 1.54) is 5.56 Å². The van der Waals surface area contributed by atoms with Gasteiger partial charge in [0.15, 0.2) is 0 Å². The fourth-order valence-electron chi connectivity index (χ4n) is 1.73. The predicted octanol–water partition coefficient (Wildman–Crippen LogP) is 2.55. The summed E-state index contributed by atoms with van der Waals surface area (Å²) in [5, 5.41) is 3.48. The molecule has 1 aromatic rings. The summed E-state index contributed by atoms with van der Waals surface area (Å²) in [6, 6.07) is 4.49. The van der Waals surface area contributed by atoms with Gasteiger partial charge in [-0.25, -0.2) is 0 Å². The van der Waals surface area contributed by atoms with Crippen molar-refractivity contribution in [2.75, 3.05) is 13.7 Å². The largest absolute Gasteiger partial charge is 0.382 e. The zero-order chi connectivity index (χ0) is 11.8. The van der Waals surface area contributed by atoms with E-state index >= 15 is 0 Å². The van der Waals surface area contributed by atoms with E-state index in [2.05, 4.69) is 30.2 Å². The molecule has 0 aliphatic carbocycles. The molecule has 0 radical (unpaired) electrons. The Morgan fingerprint density at radius 3 is 2.81 bits per heavy atom. The first-order valence-corrected chi connectivity index (χ1v) is 5.94. The molecule has 16 heavy (non-hydrogen) atoms. The SMILES string of the molecule is CCNC(CCC(C)OC)c1cccnc1. The Morgan fingerprint density at radius 2 is 2.25 bits per heavy atom. The average Bonchev–Trinajstić information content (AvgIpc) is 2.35. The van der Waals surface area contributed by atoms with Crippen LogP contribution in [0.3, 0.4) is 0 Å². The molecule has 90 valence electrons. The van der Waals surface area contributed by atoms with Crippen LogP contribution in [0.2, 0.25) is 0 Å². The van der Waals surface area contributed by atoms with E-state index in [1.54, 1.807) is 7.11 Å². The van der Waals surface area contributed by atoms with Gasteiger partial charge in [-0.05, 0) is 37.9 Å². The molecule has 1 heterocycles. The van der Waals surface area contributed by atoms with Gasteiger partial charge >= 0.3 is 0 Å². The number of ether oxygens (including phenoxy) is 1. The predicted molar refractivity (Wildman–Crippen MR) is 66.4 cm³/mol. The van der Waals surface area contributed by atoms with Crippen molar-refractivity contribution in [3.05, 3.63) is 30.1 Å². The van der Waals surface area contributed by atoms with E-state index in [0.29, 0.717) is 12.1 Å². The standard InChI is InChI=1S/C13H22N2O/c1-4-15-13(8-7-11(2)16-3)12-6-5-9-14-10-12/h5-6,9-11,13,15H,4,7-8H2,1-3H3. The number of rotatable bonds is 7. The van der Waals surface area contributed by atoms with Crippen LogP contribution in [0.15, 0.2) is 24.5 Å². The lowest BCUT2D eigenvalue weighted by molar-refractivity contribution is 0.106. The molecule has 0 amide bonds. The van der Waals surface area contributed by atoms with Crippen LogP contribution in [0.25, 0.3) is 0 Å². The fraction of sp³-hybridized carbons (Fsp3) is 0.615. The Bertz CT molecular complexity index is 277. The minimum absolute atomic E-state index is 0.317. The topological polar surface area (TPSA) is 34.1 Å². The highest BCUT2D eigenvalue weighted by atomic mass is 16.5. The summed E-state index contributed by atoms with van der Waals surface area (Å²) in [4.78, 5) is 4.16. The third kappa shape index (κ3) is 4.29. The monoisotopic (exact) mass is 222 g/mol. The third-order valence-electron chi connectivity index (χ3n) is 2.80. The van der Waals surface area contributed by atoms with Gasteiger partial charge in [0.05, 0.1) is 6.10 Å². The molecular formula is C13H22N2O. The Balaban J connectivity index is 2.54. The highest BCUT2D eigenvalue weighted by Gasteiger charge is 2.11. The summed E-state index contributed by atoms with van der Waals surface area (Å²) in [6.07, 6.45) is 6.20. The van der Waals surface area contributed by atoms with E-state index in [0.717, 1.165) is 19.4 Å². The second kappa shape index (κ2) is 7.36. The summed E-state index contributed by atoms with van der Waals surface area (Å²) in [6.45, 7) is 5.20. The Labute approximate surface area is 98.2 Å². The molecule has 3 nitrogen and oxygen atoms in total. The van der Waals surface area contributed by atoms with Crippen LogP contribution in [0, 0.1) is 0 Å². The first-order valence-electron chi connectivity index (χ1n) is 5.94. The quantitative estimate of drug-likeness (QED) is 0.770. The summed E-state index contributed by atoms with van der Waals surface area (Å²) >= 11 is 0. The first-order chi connectivity index (χ1) is 7.77. The van der Waals surface area contributed by atoms with E-state index < -0.39 is 0 Å². The number of nitrogens with zero attached hydrogens (tertiary/aromatic N) is 1. The maximum Gasteiger partial charge on any atom is 0.0543 e. The smallest absolute Gasteiger partial charge is 0.0543 e. The van der Waals surface area contributed by atoms with Crippen LogP contribution < -0.4 is 5.32 Å². The lowest BCUT2D eigenvalue weighted by atomic mass is 10.0. The second-order valence-corrected chi connectivity index (χ2v) is 4.02. The number of hydrogen-bond acceptors (Lipinski definition) is 3. The van der Waals surface area contributed by atoms with Gasteiger partial charge in [0.25, 0.3) is 0 Å². The van der Waals surface area contributed by atoms with Gasteiger partial charge < -0.3 is 10.1 Å². The van der Waals surface area contributed by atoms with Gasteiger partial charge in [-0.1, -0.05) is 13.0 Å². The number of aromatic nitrogens is 1. The molecule has 0 fully saturated rings. The number of methoxy groups -OCH3 is 1. The van der Waals surface area contributed by atoms with Crippen molar-refractivity contribution >= 4 is 0 Å². The van der Waals surface area contributed by atoms with Gasteiger partial charge in [-0.2, -0.15) is 0 Å². The Morgan fingerprint density at radius 1 is 1.44 bits per heavy atom. The van der Waals surface area contributed by atoms with Gasteiger partial charge in [-0.15, -0.1) is 0 Å². The van der Waals surface area contributed by atoms with E-state index in [1.807, 2.05) is 18.5 Å². The van der Waals surface area contributed by atoms with Crippen molar-refractivity contribution in [2.24, 2.45) is 0 Å². The number of pyridine rings is 1. The minimum Gasteiger partial charge on any atom is -0.382 e. The van der Waals surface area contributed by atoms with E-state index in [9.17, 15) is 0 Å². The maximum absolute atomic E-state index is 5.27. The molecule has 0 aliphatic rings. The molecule has 0 bridgehead atoms. The van der Waals surface area contributed by atoms with Gasteiger partial charge in [0, 0.05) is 25.5 Å². The van der Waals surface area contributed by atoms with Gasteiger partial charge in [-0.3, -0.25) is 4.98 Å². The van der Waals surface area contributed by atoms with E-state index in [4.69, 9.17) is 4.74 Å². The molecule has 0 spiro atoms. The van der Waals surface area contributed by atoms with Crippen LogP contribution in [-0.2, 0) is 4.74 Å². The van der Waals surface area contributed by atoms with Crippen molar-refractivity contribution in [3.63, 3.8) is 0 Å². The van der Waals surface area contributed by atoms with Crippen molar-refractivity contribution in [2.45, 2.75) is 38.8 Å². The minimum atomic E-state index is 0.317. The Kier molecular flexibility index (Phi) is 6.04. The van der Waals surface area contributed by atoms with Crippen LogP contribution in [-0.4, -0.2) is 24.7 Å². The molecule has 1 rings (SSSR count). The maximum atomic E-state index is 5.27. The Hall–Kier alpha value is -0.930. The highest BCUT2D eigenvalue weighted by molar-refractivity contribution is 5.13. The van der Waals surface area contributed by atoms with Gasteiger partial charge in [0.1, 0.15) is 0 Å². The molecule has 1 aromatic heterocycles. The van der Waals surface area contributed by atoms with Crippen molar-refractivity contribution in [3.8, 4) is 0 Å². The molecule has 2 unspecified atom stereocenters. The molecule has 0 aliphatic heterocycles. The lowest BCUT2D eigenvalue weighted by Gasteiger charge is -2.19. The average molecular weight is 222 g/mol. The van der Waals surface area contributed by atoms with Crippen molar-refractivity contribution in [1.82, 2.24) is 10.3 Å². The molecule has 0 saturated heterocycles. The lowest BCUT2D eigenvalue weighted by Crippen LogP contribution is -2.22. The fourth-order valence-corrected chi connectivity index (χ4v) is 1.73. The summed E-state index contributed by atoms with van der Waals surface area (Å²) in [5.41, 5.74) is 1.26. The van der Waals surface area contributed by atoms with Gasteiger partial charge in [0.2, 0.25) is 0 Å². The number of hydrogen-bond donors (Lipinski definition) is 1. The zero-order valence-electron chi connectivity index (χ0n) is 10.4. The third-order valence-corrected chi connectivity index (χ3v) is 2.80. The first kappa shape index (κ1) is 13.1. The molecule has 1 N–H and O–H groups in total. The molecule has 2 atom stereocenters. The molecule has 0 aromatic carbocycles. The normalized spacial score (nSPS) is 14.7. The van der Waals surface area contributed by atoms with Crippen LogP contribution in [0.1, 0.15) is 38.3 Å². The van der Waals surface area contributed by atoms with Crippen LogP contribution >= 0.6 is 0 Å². The van der Waals surface area contributed by atoms with Crippen molar-refractivity contribution in [1.29, 1.82) is 0 Å². The van der Waals surface area contributed by atoms with Crippen molar-refractivity contribution < 1.29 is 4.74 Å². The van der Waals surface area contributed by atoms with Crippen LogP contribution in [0.4, 0.5) is 0 Å². The number of nitrogens with one attached hydrogen (secondary N) is 1. The second-order valence-electron chi connectivity index (χ2n) is 4.02. The molecular weight excluding hydrogens is 200 g/mol. The summed E-state index contributed by atoms with van der Waals surface area (Å²) in [7, 11) is 1.76. The molecule has 0 saturated carbocycles.